The second kappa shape index (κ2) is 8.19. The topological polar surface area (TPSA) is 70.6 Å². The highest BCUT2D eigenvalue weighted by Gasteiger charge is 2.33. The average Bonchev–Trinajstić information content (AvgIpc) is 3.52. The molecule has 0 spiro atoms. The third-order valence-electron chi connectivity index (χ3n) is 4.80. The van der Waals surface area contributed by atoms with E-state index in [9.17, 15) is 13.2 Å². The Kier molecular flexibility index (Phi) is 5.92. The fraction of sp³-hybridized carbons (Fsp3) is 0.400. The Labute approximate surface area is 160 Å². The number of nitrogens with zero attached hydrogens (tertiary/aromatic N) is 3. The zero-order valence-corrected chi connectivity index (χ0v) is 16.5. The Bertz CT molecular complexity index is 874. The van der Waals surface area contributed by atoms with Gasteiger partial charge in [0.15, 0.2) is 0 Å². The van der Waals surface area contributed by atoms with Crippen LogP contribution in [0.3, 0.4) is 0 Å². The van der Waals surface area contributed by atoms with Crippen molar-refractivity contribution >= 4 is 15.9 Å². The van der Waals surface area contributed by atoms with Crippen LogP contribution in [-0.4, -0.2) is 47.6 Å². The summed E-state index contributed by atoms with van der Waals surface area (Å²) in [4.78, 5) is 19.1. The fourth-order valence-electron chi connectivity index (χ4n) is 3.09. The zero-order valence-electron chi connectivity index (χ0n) is 15.7. The first-order valence-corrected chi connectivity index (χ1v) is 10.7. The van der Waals surface area contributed by atoms with Gasteiger partial charge in [0.25, 0.3) is 5.91 Å². The molecule has 1 heterocycles. The number of pyridine rings is 1. The highest BCUT2D eigenvalue weighted by atomic mass is 32.2. The van der Waals surface area contributed by atoms with Crippen LogP contribution in [0.4, 0.5) is 0 Å². The molecule has 3 rings (SSSR count). The molecule has 27 heavy (non-hydrogen) atoms. The van der Waals surface area contributed by atoms with Crippen LogP contribution in [0.2, 0.25) is 0 Å². The summed E-state index contributed by atoms with van der Waals surface area (Å²) in [6.07, 6.45) is 5.45. The molecule has 0 atom stereocenters. The Hall–Kier alpha value is -2.25. The summed E-state index contributed by atoms with van der Waals surface area (Å²) in [7, 11) is -3.51. The van der Waals surface area contributed by atoms with Crippen molar-refractivity contribution in [2.45, 2.75) is 44.2 Å². The largest absolute Gasteiger partial charge is 0.331 e. The number of sulfonamides is 1. The second-order valence-electron chi connectivity index (χ2n) is 6.63. The quantitative estimate of drug-likeness (QED) is 0.698. The number of benzene rings is 1. The smallest absolute Gasteiger partial charge is 0.254 e. The minimum absolute atomic E-state index is 0.0684. The molecule has 2 aromatic rings. The summed E-state index contributed by atoms with van der Waals surface area (Å²) >= 11 is 0. The van der Waals surface area contributed by atoms with Crippen LogP contribution in [0.1, 0.15) is 42.6 Å². The summed E-state index contributed by atoms with van der Waals surface area (Å²) in [6, 6.07) is 10.3. The molecule has 0 aliphatic heterocycles. The Balaban J connectivity index is 1.80. The molecule has 1 fully saturated rings. The summed E-state index contributed by atoms with van der Waals surface area (Å²) in [5.41, 5.74) is 1.54. The number of carbonyl (C=O) groups excluding carboxylic acids is 1. The van der Waals surface area contributed by atoms with E-state index in [1.165, 1.54) is 16.4 Å². The standard InChI is InChI=1S/C20H25N3O3S/c1-3-22(4-2)27(25,26)19-9-5-17(6-10-19)20(24)23(18-7-8-18)15-16-11-13-21-14-12-16/h5-6,9-14,18H,3-4,7-8,15H2,1-2H3. The fourth-order valence-corrected chi connectivity index (χ4v) is 4.54. The first-order chi connectivity index (χ1) is 13.0. The molecule has 1 aliphatic carbocycles. The molecule has 1 aromatic heterocycles. The van der Waals surface area contributed by atoms with E-state index in [4.69, 9.17) is 0 Å². The van der Waals surface area contributed by atoms with E-state index in [-0.39, 0.29) is 16.8 Å². The SMILES string of the molecule is CCN(CC)S(=O)(=O)c1ccc(C(=O)N(Cc2ccncc2)C2CC2)cc1. The van der Waals surface area contributed by atoms with Crippen LogP contribution >= 0.6 is 0 Å². The molecule has 1 saturated carbocycles. The molecule has 1 aliphatic rings. The van der Waals surface area contributed by atoms with Gasteiger partial charge in [0.1, 0.15) is 0 Å². The minimum atomic E-state index is -3.51. The molecule has 6 nitrogen and oxygen atoms in total. The lowest BCUT2D eigenvalue weighted by Gasteiger charge is -2.23. The third kappa shape index (κ3) is 4.36. The van der Waals surface area contributed by atoms with Gasteiger partial charge in [-0.2, -0.15) is 4.31 Å². The van der Waals surface area contributed by atoms with Gasteiger partial charge < -0.3 is 4.90 Å². The summed E-state index contributed by atoms with van der Waals surface area (Å²) < 4.78 is 26.6. The molecular formula is C20H25N3O3S. The lowest BCUT2D eigenvalue weighted by Crippen LogP contribution is -2.33. The number of amides is 1. The lowest BCUT2D eigenvalue weighted by molar-refractivity contribution is 0.0729. The highest BCUT2D eigenvalue weighted by Crippen LogP contribution is 2.30. The van der Waals surface area contributed by atoms with Gasteiger partial charge in [0, 0.05) is 43.6 Å². The van der Waals surface area contributed by atoms with Crippen molar-refractivity contribution < 1.29 is 13.2 Å². The number of hydrogen-bond donors (Lipinski definition) is 0. The van der Waals surface area contributed by atoms with Crippen molar-refractivity contribution in [3.05, 3.63) is 59.9 Å². The van der Waals surface area contributed by atoms with E-state index in [2.05, 4.69) is 4.98 Å². The van der Waals surface area contributed by atoms with E-state index in [1.54, 1.807) is 24.5 Å². The van der Waals surface area contributed by atoms with Crippen molar-refractivity contribution in [1.82, 2.24) is 14.2 Å². The van der Waals surface area contributed by atoms with Crippen LogP contribution in [-0.2, 0) is 16.6 Å². The summed E-state index contributed by atoms with van der Waals surface area (Å²) in [6.45, 7) is 4.99. The zero-order chi connectivity index (χ0) is 19.4. The van der Waals surface area contributed by atoms with Gasteiger partial charge in [-0.1, -0.05) is 13.8 Å². The molecule has 1 amide bonds. The van der Waals surface area contributed by atoms with E-state index in [0.717, 1.165) is 18.4 Å². The van der Waals surface area contributed by atoms with Crippen LogP contribution < -0.4 is 0 Å². The normalized spacial score (nSPS) is 14.3. The Morgan fingerprint density at radius 1 is 1.04 bits per heavy atom. The van der Waals surface area contributed by atoms with Crippen LogP contribution in [0.25, 0.3) is 0 Å². The first-order valence-electron chi connectivity index (χ1n) is 9.27. The van der Waals surface area contributed by atoms with E-state index >= 15 is 0 Å². The van der Waals surface area contributed by atoms with Gasteiger partial charge in [0.05, 0.1) is 4.90 Å². The number of aromatic nitrogens is 1. The molecule has 0 N–H and O–H groups in total. The third-order valence-corrected chi connectivity index (χ3v) is 6.86. The highest BCUT2D eigenvalue weighted by molar-refractivity contribution is 7.89. The van der Waals surface area contributed by atoms with Crippen molar-refractivity contribution in [1.29, 1.82) is 0 Å². The average molecular weight is 388 g/mol. The molecular weight excluding hydrogens is 362 g/mol. The van der Waals surface area contributed by atoms with Gasteiger partial charge in [-0.05, 0) is 54.8 Å². The molecule has 0 radical (unpaired) electrons. The van der Waals surface area contributed by atoms with E-state index in [1.807, 2.05) is 30.9 Å². The predicted molar refractivity (Wildman–Crippen MR) is 104 cm³/mol. The Morgan fingerprint density at radius 3 is 2.15 bits per heavy atom. The van der Waals surface area contributed by atoms with Crippen molar-refractivity contribution in [3.63, 3.8) is 0 Å². The van der Waals surface area contributed by atoms with E-state index < -0.39 is 10.0 Å². The molecule has 0 bridgehead atoms. The Morgan fingerprint density at radius 2 is 1.63 bits per heavy atom. The molecule has 0 saturated heterocycles. The van der Waals surface area contributed by atoms with Crippen molar-refractivity contribution in [2.24, 2.45) is 0 Å². The van der Waals surface area contributed by atoms with Crippen LogP contribution in [0, 0.1) is 0 Å². The van der Waals surface area contributed by atoms with Gasteiger partial charge in [-0.15, -0.1) is 0 Å². The maximum absolute atomic E-state index is 13.0. The van der Waals surface area contributed by atoms with Crippen LogP contribution in [0.5, 0.6) is 0 Å². The van der Waals surface area contributed by atoms with Crippen molar-refractivity contribution in [3.8, 4) is 0 Å². The van der Waals surface area contributed by atoms with Gasteiger partial charge in [0.2, 0.25) is 10.0 Å². The number of hydrogen-bond acceptors (Lipinski definition) is 4. The lowest BCUT2D eigenvalue weighted by atomic mass is 10.1. The van der Waals surface area contributed by atoms with Gasteiger partial charge in [-0.3, -0.25) is 9.78 Å². The number of rotatable bonds is 8. The van der Waals surface area contributed by atoms with Crippen molar-refractivity contribution in [2.75, 3.05) is 13.1 Å². The first kappa shape index (κ1) is 19.5. The minimum Gasteiger partial charge on any atom is -0.331 e. The maximum atomic E-state index is 13.0. The molecule has 7 heteroatoms. The van der Waals surface area contributed by atoms with Gasteiger partial charge >= 0.3 is 0 Å². The maximum Gasteiger partial charge on any atom is 0.254 e. The van der Waals surface area contributed by atoms with Gasteiger partial charge in [-0.25, -0.2) is 8.42 Å². The predicted octanol–water partition coefficient (Wildman–Crippen LogP) is 2.92. The number of carbonyl (C=O) groups is 1. The molecule has 0 unspecified atom stereocenters. The molecule has 144 valence electrons. The van der Waals surface area contributed by atoms with Crippen LogP contribution in [0.15, 0.2) is 53.7 Å². The summed E-state index contributed by atoms with van der Waals surface area (Å²) in [5, 5.41) is 0. The van der Waals surface area contributed by atoms with E-state index in [0.29, 0.717) is 25.2 Å². The summed E-state index contributed by atoms with van der Waals surface area (Å²) in [5.74, 6) is -0.0684. The molecule has 1 aromatic carbocycles. The second-order valence-corrected chi connectivity index (χ2v) is 8.57. The monoisotopic (exact) mass is 387 g/mol.